The van der Waals surface area contributed by atoms with Gasteiger partial charge < -0.3 is 4.74 Å². The minimum atomic E-state index is 0.369. The third kappa shape index (κ3) is 3.62. The van der Waals surface area contributed by atoms with Crippen molar-refractivity contribution in [3.63, 3.8) is 0 Å². The molecule has 15 heavy (non-hydrogen) atoms. The van der Waals surface area contributed by atoms with E-state index in [9.17, 15) is 0 Å². The zero-order valence-corrected chi connectivity index (χ0v) is 9.68. The average Bonchev–Trinajstić information content (AvgIpc) is 2.26. The van der Waals surface area contributed by atoms with E-state index in [0.29, 0.717) is 36.1 Å². The molecule has 0 bridgehead atoms. The summed E-state index contributed by atoms with van der Waals surface area (Å²) in [5.41, 5.74) is 0.876. The largest absolute Gasteiger partial charge is 0.492 e. The summed E-state index contributed by atoms with van der Waals surface area (Å²) in [4.78, 5) is 0. The Morgan fingerprint density at radius 1 is 1.40 bits per heavy atom. The zero-order valence-electron chi connectivity index (χ0n) is 8.17. The monoisotopic (exact) mass is 243 g/mol. The molecule has 0 aliphatic carbocycles. The second-order valence-electron chi connectivity index (χ2n) is 2.97. The number of alkyl halides is 1. The molecule has 0 amide bonds. The summed E-state index contributed by atoms with van der Waals surface area (Å²) in [5.74, 6) is 1.00. The normalized spacial score (nSPS) is 9.67. The standard InChI is InChI=1S/C11H11Cl2NO/c12-8-9-4-3-5-10(13)11(9)15-7-2-1-6-14/h3-5H,1-2,7-8H2. The molecule has 2 nitrogen and oxygen atoms in total. The lowest BCUT2D eigenvalue weighted by molar-refractivity contribution is 0.310. The Bertz CT molecular complexity index is 360. The summed E-state index contributed by atoms with van der Waals surface area (Å²) >= 11 is 11.7. The maximum absolute atomic E-state index is 8.37. The van der Waals surface area contributed by atoms with Crippen molar-refractivity contribution in [3.8, 4) is 11.8 Å². The highest BCUT2D eigenvalue weighted by molar-refractivity contribution is 6.32. The second kappa shape index (κ2) is 6.55. The van der Waals surface area contributed by atoms with Crippen molar-refractivity contribution < 1.29 is 4.74 Å². The summed E-state index contributed by atoms with van der Waals surface area (Å²) < 4.78 is 5.49. The number of ether oxygens (including phenoxy) is 1. The number of benzene rings is 1. The summed E-state index contributed by atoms with van der Waals surface area (Å²) in [6, 6.07) is 7.53. The Morgan fingerprint density at radius 3 is 2.87 bits per heavy atom. The van der Waals surface area contributed by atoms with Crippen LogP contribution in [0.4, 0.5) is 0 Å². The van der Waals surface area contributed by atoms with Crippen molar-refractivity contribution in [3.05, 3.63) is 28.8 Å². The van der Waals surface area contributed by atoms with Crippen molar-refractivity contribution in [2.24, 2.45) is 0 Å². The third-order valence-electron chi connectivity index (χ3n) is 1.87. The summed E-state index contributed by atoms with van der Waals surface area (Å²) in [7, 11) is 0. The summed E-state index contributed by atoms with van der Waals surface area (Å²) in [5, 5.41) is 8.93. The van der Waals surface area contributed by atoms with Crippen molar-refractivity contribution in [1.29, 1.82) is 5.26 Å². The Kier molecular flexibility index (Phi) is 5.31. The van der Waals surface area contributed by atoms with Crippen LogP contribution in [-0.2, 0) is 5.88 Å². The SMILES string of the molecule is N#CCCCOc1c(Cl)cccc1CCl. The fourth-order valence-corrected chi connectivity index (χ4v) is 1.60. The van der Waals surface area contributed by atoms with Crippen LogP contribution in [0.25, 0.3) is 0 Å². The van der Waals surface area contributed by atoms with E-state index in [1.165, 1.54) is 0 Å². The highest BCUT2D eigenvalue weighted by atomic mass is 35.5. The minimum Gasteiger partial charge on any atom is -0.492 e. The van der Waals surface area contributed by atoms with Crippen molar-refractivity contribution >= 4 is 23.2 Å². The van der Waals surface area contributed by atoms with E-state index in [-0.39, 0.29) is 0 Å². The van der Waals surface area contributed by atoms with Gasteiger partial charge in [0.15, 0.2) is 0 Å². The van der Waals surface area contributed by atoms with Crippen LogP contribution < -0.4 is 4.74 Å². The molecule has 1 rings (SSSR count). The molecular formula is C11H11Cl2NO. The van der Waals surface area contributed by atoms with Crippen LogP contribution in [0.1, 0.15) is 18.4 Å². The number of rotatable bonds is 5. The number of nitriles is 1. The first-order chi connectivity index (χ1) is 7.29. The molecule has 80 valence electrons. The van der Waals surface area contributed by atoms with Gasteiger partial charge in [0.1, 0.15) is 5.75 Å². The second-order valence-corrected chi connectivity index (χ2v) is 3.65. The van der Waals surface area contributed by atoms with Crippen LogP contribution in [0, 0.1) is 11.3 Å². The molecule has 0 heterocycles. The Hall–Kier alpha value is -0.910. The van der Waals surface area contributed by atoms with Crippen LogP contribution in [0.5, 0.6) is 5.75 Å². The predicted octanol–water partition coefficient (Wildman–Crippen LogP) is 3.76. The van der Waals surface area contributed by atoms with Gasteiger partial charge in [-0.2, -0.15) is 5.26 Å². The number of unbranched alkanes of at least 4 members (excludes halogenated alkanes) is 1. The fourth-order valence-electron chi connectivity index (χ4n) is 1.15. The smallest absolute Gasteiger partial charge is 0.142 e. The van der Waals surface area contributed by atoms with Gasteiger partial charge in [-0.25, -0.2) is 0 Å². The molecule has 0 aliphatic heterocycles. The Balaban J connectivity index is 2.63. The van der Waals surface area contributed by atoms with Gasteiger partial charge in [0.05, 0.1) is 23.6 Å². The van der Waals surface area contributed by atoms with Gasteiger partial charge in [-0.1, -0.05) is 23.7 Å². The van der Waals surface area contributed by atoms with Gasteiger partial charge in [-0.3, -0.25) is 0 Å². The van der Waals surface area contributed by atoms with Crippen molar-refractivity contribution in [2.45, 2.75) is 18.7 Å². The van der Waals surface area contributed by atoms with E-state index in [1.807, 2.05) is 12.1 Å². The van der Waals surface area contributed by atoms with Crippen LogP contribution in [0.15, 0.2) is 18.2 Å². The molecule has 0 saturated carbocycles. The van der Waals surface area contributed by atoms with Gasteiger partial charge in [-0.05, 0) is 12.5 Å². The highest BCUT2D eigenvalue weighted by Crippen LogP contribution is 2.29. The van der Waals surface area contributed by atoms with Crippen LogP contribution in [-0.4, -0.2) is 6.61 Å². The maximum atomic E-state index is 8.37. The Morgan fingerprint density at radius 2 is 2.20 bits per heavy atom. The van der Waals surface area contributed by atoms with E-state index >= 15 is 0 Å². The minimum absolute atomic E-state index is 0.369. The van der Waals surface area contributed by atoms with E-state index in [1.54, 1.807) is 6.07 Å². The van der Waals surface area contributed by atoms with Crippen molar-refractivity contribution in [1.82, 2.24) is 0 Å². The molecule has 0 aliphatic rings. The lowest BCUT2D eigenvalue weighted by Crippen LogP contribution is -1.99. The lowest BCUT2D eigenvalue weighted by Gasteiger charge is -2.10. The van der Waals surface area contributed by atoms with Crippen LogP contribution >= 0.6 is 23.2 Å². The average molecular weight is 244 g/mol. The van der Waals surface area contributed by atoms with E-state index < -0.39 is 0 Å². The fraction of sp³-hybridized carbons (Fsp3) is 0.364. The molecular weight excluding hydrogens is 233 g/mol. The van der Waals surface area contributed by atoms with Gasteiger partial charge >= 0.3 is 0 Å². The molecule has 1 aromatic rings. The third-order valence-corrected chi connectivity index (χ3v) is 2.46. The first-order valence-electron chi connectivity index (χ1n) is 4.62. The van der Waals surface area contributed by atoms with E-state index in [2.05, 4.69) is 6.07 Å². The quantitative estimate of drug-likeness (QED) is 0.583. The molecule has 4 heteroatoms. The first-order valence-corrected chi connectivity index (χ1v) is 5.54. The summed E-state index contributed by atoms with van der Waals surface area (Å²) in [6.45, 7) is 0.487. The number of hydrogen-bond donors (Lipinski definition) is 0. The van der Waals surface area contributed by atoms with Gasteiger partial charge in [0.25, 0.3) is 0 Å². The number of halogens is 2. The lowest BCUT2D eigenvalue weighted by atomic mass is 10.2. The number of nitrogens with zero attached hydrogens (tertiary/aromatic N) is 1. The molecule has 0 spiro atoms. The Labute approximate surface area is 99.4 Å². The molecule has 0 unspecified atom stereocenters. The molecule has 0 atom stereocenters. The van der Waals surface area contributed by atoms with Crippen molar-refractivity contribution in [2.75, 3.05) is 6.61 Å². The van der Waals surface area contributed by atoms with Gasteiger partial charge in [0.2, 0.25) is 0 Å². The molecule has 0 radical (unpaired) electrons. The topological polar surface area (TPSA) is 33.0 Å². The predicted molar refractivity (Wildman–Crippen MR) is 61.4 cm³/mol. The van der Waals surface area contributed by atoms with Crippen LogP contribution in [0.3, 0.4) is 0 Å². The van der Waals surface area contributed by atoms with E-state index in [4.69, 9.17) is 33.2 Å². The van der Waals surface area contributed by atoms with Gasteiger partial charge in [0, 0.05) is 12.0 Å². The molecule has 0 fully saturated rings. The van der Waals surface area contributed by atoms with E-state index in [0.717, 1.165) is 5.56 Å². The summed E-state index contributed by atoms with van der Waals surface area (Å²) in [6.07, 6.45) is 1.18. The molecule has 0 aromatic heterocycles. The number of para-hydroxylation sites is 1. The first kappa shape index (κ1) is 12.2. The highest BCUT2D eigenvalue weighted by Gasteiger charge is 2.06. The van der Waals surface area contributed by atoms with Gasteiger partial charge in [-0.15, -0.1) is 11.6 Å². The molecule has 0 N–H and O–H groups in total. The maximum Gasteiger partial charge on any atom is 0.142 e. The molecule has 0 saturated heterocycles. The molecule has 1 aromatic carbocycles. The van der Waals surface area contributed by atoms with Crippen LogP contribution in [0.2, 0.25) is 5.02 Å². The number of hydrogen-bond acceptors (Lipinski definition) is 2. The zero-order chi connectivity index (χ0) is 11.1.